The standard InChI is InChI=1S/C24H34/c1-3-5-7-9-21-11-15-23(16-12-21)19-20-24-17-13-22(14-18-24)10-8-6-4-2/h7,9,11-12,15-16,22,24H,3-6,8,10,13-14,17-18H2,1-2H3/b9-7+. The van der Waals surface area contributed by atoms with E-state index >= 15 is 0 Å². The van der Waals surface area contributed by atoms with Crippen LogP contribution in [0.4, 0.5) is 0 Å². The molecule has 0 aliphatic heterocycles. The van der Waals surface area contributed by atoms with Crippen molar-refractivity contribution in [3.8, 4) is 11.8 Å². The number of unbranched alkanes of at least 4 members (excludes halogenated alkanes) is 3. The molecule has 0 aromatic heterocycles. The van der Waals surface area contributed by atoms with E-state index in [0.717, 1.165) is 17.9 Å². The van der Waals surface area contributed by atoms with Gasteiger partial charge in [-0.05, 0) is 55.7 Å². The van der Waals surface area contributed by atoms with Gasteiger partial charge in [0.25, 0.3) is 0 Å². The third-order valence-electron chi connectivity index (χ3n) is 5.16. The first kappa shape index (κ1) is 18.9. The Morgan fingerprint density at radius 2 is 1.71 bits per heavy atom. The summed E-state index contributed by atoms with van der Waals surface area (Å²) in [6, 6.07) is 8.69. The van der Waals surface area contributed by atoms with Gasteiger partial charge < -0.3 is 0 Å². The molecule has 1 aliphatic rings. The van der Waals surface area contributed by atoms with Crippen molar-refractivity contribution in [1.29, 1.82) is 0 Å². The fourth-order valence-corrected chi connectivity index (χ4v) is 3.53. The Bertz CT molecular complexity index is 530. The van der Waals surface area contributed by atoms with Gasteiger partial charge in [0.15, 0.2) is 0 Å². The van der Waals surface area contributed by atoms with E-state index < -0.39 is 0 Å². The monoisotopic (exact) mass is 322 g/mol. The topological polar surface area (TPSA) is 0 Å². The van der Waals surface area contributed by atoms with Crippen molar-refractivity contribution < 1.29 is 0 Å². The first-order valence-corrected chi connectivity index (χ1v) is 10.1. The lowest BCUT2D eigenvalue weighted by atomic mass is 9.80. The summed E-state index contributed by atoms with van der Waals surface area (Å²) in [4.78, 5) is 0. The average molecular weight is 323 g/mol. The summed E-state index contributed by atoms with van der Waals surface area (Å²) < 4.78 is 0. The van der Waals surface area contributed by atoms with Crippen molar-refractivity contribution in [3.63, 3.8) is 0 Å². The third-order valence-corrected chi connectivity index (χ3v) is 5.16. The van der Waals surface area contributed by atoms with E-state index in [1.54, 1.807) is 0 Å². The van der Waals surface area contributed by atoms with Gasteiger partial charge in [0.2, 0.25) is 0 Å². The number of benzene rings is 1. The molecule has 0 saturated heterocycles. The van der Waals surface area contributed by atoms with Crippen LogP contribution in [-0.2, 0) is 0 Å². The lowest BCUT2D eigenvalue weighted by Crippen LogP contribution is -2.13. The van der Waals surface area contributed by atoms with Crippen LogP contribution in [0.3, 0.4) is 0 Å². The summed E-state index contributed by atoms with van der Waals surface area (Å²) in [5.74, 6) is 8.53. The van der Waals surface area contributed by atoms with Gasteiger partial charge in [-0.3, -0.25) is 0 Å². The maximum atomic E-state index is 3.53. The van der Waals surface area contributed by atoms with Crippen molar-refractivity contribution in [1.82, 2.24) is 0 Å². The van der Waals surface area contributed by atoms with Crippen LogP contribution in [0.1, 0.15) is 89.2 Å². The predicted molar refractivity (Wildman–Crippen MR) is 107 cm³/mol. The molecule has 24 heavy (non-hydrogen) atoms. The molecule has 1 aromatic carbocycles. The summed E-state index contributed by atoms with van der Waals surface area (Å²) in [6.45, 7) is 4.50. The molecule has 0 spiro atoms. The van der Waals surface area contributed by atoms with Gasteiger partial charge in [0.1, 0.15) is 0 Å². The molecule has 2 rings (SSSR count). The predicted octanol–water partition coefficient (Wildman–Crippen LogP) is 7.24. The molecule has 0 unspecified atom stereocenters. The Morgan fingerprint density at radius 1 is 0.958 bits per heavy atom. The lowest BCUT2D eigenvalue weighted by molar-refractivity contribution is 0.294. The normalized spacial score (nSPS) is 20.8. The Balaban J connectivity index is 1.77. The lowest BCUT2D eigenvalue weighted by Gasteiger charge is -2.25. The van der Waals surface area contributed by atoms with E-state index in [9.17, 15) is 0 Å². The maximum absolute atomic E-state index is 3.53. The number of rotatable bonds is 7. The van der Waals surface area contributed by atoms with Crippen LogP contribution in [0, 0.1) is 23.7 Å². The minimum absolute atomic E-state index is 0.622. The summed E-state index contributed by atoms with van der Waals surface area (Å²) in [5, 5.41) is 0. The first-order valence-electron chi connectivity index (χ1n) is 10.1. The van der Waals surface area contributed by atoms with Crippen molar-refractivity contribution >= 4 is 6.08 Å². The van der Waals surface area contributed by atoms with Gasteiger partial charge in [-0.1, -0.05) is 82.1 Å². The van der Waals surface area contributed by atoms with Crippen LogP contribution >= 0.6 is 0 Å². The zero-order chi connectivity index (χ0) is 17.0. The molecule has 0 heterocycles. The summed E-state index contributed by atoms with van der Waals surface area (Å²) in [5.41, 5.74) is 2.44. The SMILES string of the molecule is CCC/C=C/c1ccc(C#CC2CCC(CCCCC)CC2)cc1. The van der Waals surface area contributed by atoms with Crippen molar-refractivity contribution in [2.75, 3.05) is 0 Å². The van der Waals surface area contributed by atoms with E-state index in [2.05, 4.69) is 62.1 Å². The average Bonchev–Trinajstić information content (AvgIpc) is 2.63. The second-order valence-electron chi connectivity index (χ2n) is 7.30. The van der Waals surface area contributed by atoms with E-state index in [1.807, 2.05) is 0 Å². The number of hydrogen-bond acceptors (Lipinski definition) is 0. The molecule has 1 aliphatic carbocycles. The number of hydrogen-bond donors (Lipinski definition) is 0. The summed E-state index contributed by atoms with van der Waals surface area (Å²) in [6.07, 6.45) is 17.8. The Kier molecular flexibility index (Phi) is 8.75. The molecule has 0 N–H and O–H groups in total. The molecule has 0 nitrogen and oxygen atoms in total. The first-order chi connectivity index (χ1) is 11.8. The van der Waals surface area contributed by atoms with E-state index in [0.29, 0.717) is 5.92 Å². The molecular formula is C24H34. The highest BCUT2D eigenvalue weighted by Gasteiger charge is 2.19. The zero-order valence-electron chi connectivity index (χ0n) is 15.7. The van der Waals surface area contributed by atoms with E-state index in [-0.39, 0.29) is 0 Å². The fraction of sp³-hybridized carbons (Fsp3) is 0.583. The van der Waals surface area contributed by atoms with Crippen LogP contribution in [-0.4, -0.2) is 0 Å². The van der Waals surface area contributed by atoms with Gasteiger partial charge in [-0.25, -0.2) is 0 Å². The van der Waals surface area contributed by atoms with Crippen LogP contribution in [0.25, 0.3) is 6.08 Å². The molecular weight excluding hydrogens is 288 g/mol. The van der Waals surface area contributed by atoms with Crippen LogP contribution in [0.5, 0.6) is 0 Å². The van der Waals surface area contributed by atoms with Crippen molar-refractivity contribution in [2.24, 2.45) is 11.8 Å². The van der Waals surface area contributed by atoms with Gasteiger partial charge in [0, 0.05) is 11.5 Å². The molecule has 0 atom stereocenters. The van der Waals surface area contributed by atoms with Gasteiger partial charge >= 0.3 is 0 Å². The van der Waals surface area contributed by atoms with Crippen molar-refractivity contribution in [2.45, 2.75) is 78.1 Å². The largest absolute Gasteiger partial charge is 0.0945 e. The fourth-order valence-electron chi connectivity index (χ4n) is 3.53. The highest BCUT2D eigenvalue weighted by Crippen LogP contribution is 2.31. The second-order valence-corrected chi connectivity index (χ2v) is 7.30. The highest BCUT2D eigenvalue weighted by molar-refractivity contribution is 5.51. The molecule has 1 saturated carbocycles. The molecule has 130 valence electrons. The summed E-state index contributed by atoms with van der Waals surface area (Å²) in [7, 11) is 0. The minimum atomic E-state index is 0.622. The third kappa shape index (κ3) is 6.96. The molecule has 0 radical (unpaired) electrons. The molecule has 1 fully saturated rings. The Labute approximate surface area is 149 Å². The van der Waals surface area contributed by atoms with E-state index in [1.165, 1.54) is 63.4 Å². The summed E-state index contributed by atoms with van der Waals surface area (Å²) >= 11 is 0. The highest BCUT2D eigenvalue weighted by atomic mass is 14.2. The van der Waals surface area contributed by atoms with Gasteiger partial charge in [0.05, 0.1) is 0 Å². The molecule has 1 aromatic rings. The van der Waals surface area contributed by atoms with Gasteiger partial charge in [-0.15, -0.1) is 0 Å². The Morgan fingerprint density at radius 3 is 2.38 bits per heavy atom. The van der Waals surface area contributed by atoms with Crippen LogP contribution < -0.4 is 0 Å². The smallest absolute Gasteiger partial charge is 0.0245 e. The second kappa shape index (κ2) is 11.1. The van der Waals surface area contributed by atoms with Gasteiger partial charge in [-0.2, -0.15) is 0 Å². The zero-order valence-corrected chi connectivity index (χ0v) is 15.7. The van der Waals surface area contributed by atoms with Crippen molar-refractivity contribution in [3.05, 3.63) is 41.5 Å². The minimum Gasteiger partial charge on any atom is -0.0945 e. The van der Waals surface area contributed by atoms with E-state index in [4.69, 9.17) is 0 Å². The molecule has 0 heteroatoms. The quantitative estimate of drug-likeness (QED) is 0.366. The molecule has 0 amide bonds. The Hall–Kier alpha value is -1.48. The van der Waals surface area contributed by atoms with Crippen LogP contribution in [0.15, 0.2) is 30.3 Å². The molecule has 0 bridgehead atoms. The van der Waals surface area contributed by atoms with Crippen LogP contribution in [0.2, 0.25) is 0 Å². The maximum Gasteiger partial charge on any atom is 0.0245 e. The number of allylic oxidation sites excluding steroid dienone is 1.